The van der Waals surface area contributed by atoms with Crippen LogP contribution in [-0.2, 0) is 17.6 Å². The van der Waals surface area contributed by atoms with Crippen molar-refractivity contribution in [2.45, 2.75) is 51.5 Å². The lowest BCUT2D eigenvalue weighted by atomic mass is 10.2. The number of hydrogen-bond acceptors (Lipinski definition) is 5. The molecule has 19 heavy (non-hydrogen) atoms. The molecular formula is C13H21N3O3. The summed E-state index contributed by atoms with van der Waals surface area (Å²) in [6.45, 7) is 2.85. The average molecular weight is 267 g/mol. The summed E-state index contributed by atoms with van der Waals surface area (Å²) in [6, 6.07) is -0.00848. The van der Waals surface area contributed by atoms with E-state index in [1.54, 1.807) is 4.90 Å². The molecule has 0 saturated carbocycles. The van der Waals surface area contributed by atoms with E-state index in [-0.39, 0.29) is 18.6 Å². The molecule has 0 aromatic carbocycles. The second-order valence-corrected chi connectivity index (χ2v) is 4.92. The Labute approximate surface area is 112 Å². The lowest BCUT2D eigenvalue weighted by Crippen LogP contribution is -2.37. The van der Waals surface area contributed by atoms with Crippen molar-refractivity contribution in [1.82, 2.24) is 15.0 Å². The van der Waals surface area contributed by atoms with Crippen molar-refractivity contribution in [1.29, 1.82) is 0 Å². The molecule has 6 nitrogen and oxygen atoms in total. The first kappa shape index (κ1) is 14.0. The van der Waals surface area contributed by atoms with Gasteiger partial charge in [-0.25, -0.2) is 0 Å². The van der Waals surface area contributed by atoms with Gasteiger partial charge < -0.3 is 14.5 Å². The number of aliphatic hydroxyl groups excluding tert-OH is 1. The first-order chi connectivity index (χ1) is 9.24. The van der Waals surface area contributed by atoms with Crippen LogP contribution in [0.3, 0.4) is 0 Å². The third kappa shape index (κ3) is 3.53. The van der Waals surface area contributed by atoms with Crippen LogP contribution in [-0.4, -0.2) is 45.2 Å². The fraction of sp³-hybridized carbons (Fsp3) is 0.769. The summed E-state index contributed by atoms with van der Waals surface area (Å²) in [5.74, 6) is 1.29. The zero-order chi connectivity index (χ0) is 13.7. The van der Waals surface area contributed by atoms with Crippen LogP contribution < -0.4 is 0 Å². The topological polar surface area (TPSA) is 79.5 Å². The molecule has 0 unspecified atom stereocenters. The number of aryl methyl sites for hydroxylation is 2. The molecule has 1 aliphatic rings. The molecule has 1 amide bonds. The molecular weight excluding hydrogens is 246 g/mol. The molecule has 0 aliphatic carbocycles. The summed E-state index contributed by atoms with van der Waals surface area (Å²) in [5, 5.41) is 13.1. The molecule has 1 aromatic heterocycles. The predicted octanol–water partition coefficient (Wildman–Crippen LogP) is 0.938. The molecule has 106 valence electrons. The minimum Gasteiger partial charge on any atom is -0.394 e. The van der Waals surface area contributed by atoms with Crippen molar-refractivity contribution in [3.05, 3.63) is 11.7 Å². The number of hydrogen-bond donors (Lipinski definition) is 1. The molecule has 1 aliphatic heterocycles. The van der Waals surface area contributed by atoms with Gasteiger partial charge in [-0.3, -0.25) is 4.79 Å². The van der Waals surface area contributed by atoms with Crippen molar-refractivity contribution in [2.75, 3.05) is 13.2 Å². The van der Waals surface area contributed by atoms with Crippen molar-refractivity contribution in [2.24, 2.45) is 0 Å². The smallest absolute Gasteiger partial charge is 0.227 e. The van der Waals surface area contributed by atoms with E-state index in [2.05, 4.69) is 17.1 Å². The number of aliphatic hydroxyl groups is 1. The second-order valence-electron chi connectivity index (χ2n) is 4.92. The van der Waals surface area contributed by atoms with Crippen molar-refractivity contribution in [3.63, 3.8) is 0 Å². The first-order valence-corrected chi connectivity index (χ1v) is 6.96. The molecule has 1 saturated heterocycles. The first-order valence-electron chi connectivity index (χ1n) is 6.96. The van der Waals surface area contributed by atoms with Gasteiger partial charge in [-0.15, -0.1) is 0 Å². The molecule has 2 heterocycles. The molecule has 1 atom stereocenters. The fourth-order valence-corrected chi connectivity index (χ4v) is 2.43. The molecule has 0 radical (unpaired) electrons. The molecule has 1 N–H and O–H groups in total. The maximum atomic E-state index is 12.0. The van der Waals surface area contributed by atoms with Gasteiger partial charge in [0.05, 0.1) is 12.6 Å². The number of rotatable bonds is 6. The third-order valence-electron chi connectivity index (χ3n) is 3.44. The van der Waals surface area contributed by atoms with E-state index in [9.17, 15) is 9.90 Å². The zero-order valence-electron chi connectivity index (χ0n) is 11.3. The summed E-state index contributed by atoms with van der Waals surface area (Å²) < 4.78 is 5.10. The summed E-state index contributed by atoms with van der Waals surface area (Å²) in [5.41, 5.74) is 0. The Morgan fingerprint density at radius 1 is 1.53 bits per heavy atom. The van der Waals surface area contributed by atoms with E-state index in [1.165, 1.54) is 0 Å². The summed E-state index contributed by atoms with van der Waals surface area (Å²) in [6.07, 6.45) is 4.48. The van der Waals surface area contributed by atoms with Gasteiger partial charge in [0.25, 0.3) is 0 Å². The third-order valence-corrected chi connectivity index (χ3v) is 3.44. The molecule has 6 heteroatoms. The second kappa shape index (κ2) is 6.65. The van der Waals surface area contributed by atoms with E-state index in [0.29, 0.717) is 24.6 Å². The van der Waals surface area contributed by atoms with Crippen molar-refractivity contribution < 1.29 is 14.4 Å². The van der Waals surface area contributed by atoms with Gasteiger partial charge in [-0.2, -0.15) is 4.98 Å². The van der Waals surface area contributed by atoms with Gasteiger partial charge in [0.15, 0.2) is 5.82 Å². The van der Waals surface area contributed by atoms with Crippen LogP contribution in [0, 0.1) is 0 Å². The van der Waals surface area contributed by atoms with Crippen molar-refractivity contribution >= 4 is 5.91 Å². The Hall–Kier alpha value is -1.43. The Balaban J connectivity index is 1.82. The quantitative estimate of drug-likeness (QED) is 0.829. The highest BCUT2D eigenvalue weighted by molar-refractivity contribution is 5.77. The molecule has 0 spiro atoms. The number of amides is 1. The van der Waals surface area contributed by atoms with Crippen LogP contribution >= 0.6 is 0 Å². The van der Waals surface area contributed by atoms with E-state index in [0.717, 1.165) is 32.2 Å². The summed E-state index contributed by atoms with van der Waals surface area (Å²) in [7, 11) is 0. The van der Waals surface area contributed by atoms with E-state index < -0.39 is 0 Å². The van der Waals surface area contributed by atoms with Gasteiger partial charge >= 0.3 is 0 Å². The Morgan fingerprint density at radius 3 is 3.11 bits per heavy atom. The molecule has 1 fully saturated rings. The predicted molar refractivity (Wildman–Crippen MR) is 68.4 cm³/mol. The van der Waals surface area contributed by atoms with E-state index in [1.807, 2.05) is 0 Å². The molecule has 1 aromatic rings. The minimum absolute atomic E-state index is 0.00848. The summed E-state index contributed by atoms with van der Waals surface area (Å²) in [4.78, 5) is 18.1. The van der Waals surface area contributed by atoms with E-state index in [4.69, 9.17) is 4.52 Å². The Kier molecular flexibility index (Phi) is 4.90. The van der Waals surface area contributed by atoms with Gasteiger partial charge in [-0.1, -0.05) is 12.1 Å². The van der Waals surface area contributed by atoms with Crippen LogP contribution in [0.15, 0.2) is 4.52 Å². The highest BCUT2D eigenvalue weighted by Gasteiger charge is 2.27. The van der Waals surface area contributed by atoms with Crippen LogP contribution in [0.4, 0.5) is 0 Å². The molecule has 0 bridgehead atoms. The number of aromatic nitrogens is 2. The number of nitrogens with zero attached hydrogens (tertiary/aromatic N) is 3. The standard InChI is InChI=1S/C13H21N3O3/c1-2-4-11-14-12(19-15-11)6-7-13(18)16-8-3-5-10(16)9-17/h10,17H,2-9H2,1H3/t10-/m0/s1. The van der Waals surface area contributed by atoms with Crippen LogP contribution in [0.5, 0.6) is 0 Å². The monoisotopic (exact) mass is 267 g/mol. The lowest BCUT2D eigenvalue weighted by molar-refractivity contribution is -0.132. The van der Waals surface area contributed by atoms with Gasteiger partial charge in [-0.05, 0) is 19.3 Å². The zero-order valence-corrected chi connectivity index (χ0v) is 11.3. The van der Waals surface area contributed by atoms with Crippen molar-refractivity contribution in [3.8, 4) is 0 Å². The SMILES string of the molecule is CCCc1noc(CCC(=O)N2CCC[C@H]2CO)n1. The highest BCUT2D eigenvalue weighted by atomic mass is 16.5. The minimum atomic E-state index is -0.00848. The Bertz CT molecular complexity index is 419. The van der Waals surface area contributed by atoms with Crippen LogP contribution in [0.2, 0.25) is 0 Å². The molecule has 2 rings (SSSR count). The highest BCUT2D eigenvalue weighted by Crippen LogP contribution is 2.18. The van der Waals surface area contributed by atoms with Gasteiger partial charge in [0.2, 0.25) is 11.8 Å². The largest absolute Gasteiger partial charge is 0.394 e. The number of likely N-dealkylation sites (tertiary alicyclic amines) is 1. The fourth-order valence-electron chi connectivity index (χ4n) is 2.43. The van der Waals surface area contributed by atoms with Crippen LogP contribution in [0.25, 0.3) is 0 Å². The Morgan fingerprint density at radius 2 is 2.37 bits per heavy atom. The number of carbonyl (C=O) groups excluding carboxylic acids is 1. The van der Waals surface area contributed by atoms with Crippen LogP contribution in [0.1, 0.15) is 44.3 Å². The van der Waals surface area contributed by atoms with Gasteiger partial charge in [0.1, 0.15) is 0 Å². The average Bonchev–Trinajstić information content (AvgIpc) is 3.05. The lowest BCUT2D eigenvalue weighted by Gasteiger charge is -2.22. The number of carbonyl (C=O) groups is 1. The van der Waals surface area contributed by atoms with E-state index >= 15 is 0 Å². The maximum Gasteiger partial charge on any atom is 0.227 e. The normalized spacial score (nSPS) is 19.1. The summed E-state index contributed by atoms with van der Waals surface area (Å²) >= 11 is 0. The van der Waals surface area contributed by atoms with Gasteiger partial charge in [0, 0.05) is 25.8 Å². The maximum absolute atomic E-state index is 12.0.